The molecule has 3 atom stereocenters. The molecule has 1 N–H and O–H groups in total. The topological polar surface area (TPSA) is 92.1 Å². The Morgan fingerprint density at radius 2 is 2.18 bits per heavy atom. The van der Waals surface area contributed by atoms with Gasteiger partial charge in [-0.15, -0.1) is 0 Å². The first-order valence-electron chi connectivity index (χ1n) is 11.6. The standard InChI is InChI=1S/C23H33N5O4S/c1-24-21-14-26-23-20(8-9-25-23)22(21)27(2)18-7-6-17(13-18)16-33(29,30)28-10-4-5-19(15-28)32-12-11-31-3/h8-9,14,17-19H,4-7,10-13,15-16H2,2-3H3,(H,25,26)/t17-,18+,19?/m0/s1. The van der Waals surface area contributed by atoms with Gasteiger partial charge >= 0.3 is 0 Å². The summed E-state index contributed by atoms with van der Waals surface area (Å²) in [6.07, 6.45) is 7.65. The Balaban J connectivity index is 1.39. The molecule has 2 aromatic rings. The minimum atomic E-state index is -3.34. The number of hydrogen-bond donors (Lipinski definition) is 1. The highest BCUT2D eigenvalue weighted by atomic mass is 32.2. The lowest BCUT2D eigenvalue weighted by Crippen LogP contribution is -2.45. The van der Waals surface area contributed by atoms with Gasteiger partial charge in [0.2, 0.25) is 15.7 Å². The molecule has 0 amide bonds. The molecule has 0 spiro atoms. The molecule has 33 heavy (non-hydrogen) atoms. The Kier molecular flexibility index (Phi) is 7.54. The lowest BCUT2D eigenvalue weighted by atomic mass is 10.1. The van der Waals surface area contributed by atoms with Crippen molar-refractivity contribution in [2.24, 2.45) is 5.92 Å². The predicted molar refractivity (Wildman–Crippen MR) is 128 cm³/mol. The van der Waals surface area contributed by atoms with Gasteiger partial charge < -0.3 is 19.4 Å². The summed E-state index contributed by atoms with van der Waals surface area (Å²) >= 11 is 0. The third-order valence-corrected chi connectivity index (χ3v) is 8.91. The van der Waals surface area contributed by atoms with Crippen molar-refractivity contribution in [3.63, 3.8) is 0 Å². The first kappa shape index (κ1) is 24.0. The van der Waals surface area contributed by atoms with Gasteiger partial charge in [-0.2, -0.15) is 4.31 Å². The maximum Gasteiger partial charge on any atom is 0.228 e. The van der Waals surface area contributed by atoms with Gasteiger partial charge in [-0.05, 0) is 44.1 Å². The van der Waals surface area contributed by atoms with E-state index >= 15 is 0 Å². The largest absolute Gasteiger partial charge is 0.382 e. The molecule has 2 fully saturated rings. The number of rotatable bonds is 9. The summed E-state index contributed by atoms with van der Waals surface area (Å²) in [5.41, 5.74) is 2.15. The summed E-state index contributed by atoms with van der Waals surface area (Å²) in [5.74, 6) is 0.283. The molecule has 2 aromatic heterocycles. The summed E-state index contributed by atoms with van der Waals surface area (Å²) < 4.78 is 38.8. The molecular weight excluding hydrogens is 442 g/mol. The van der Waals surface area contributed by atoms with Crippen LogP contribution in [0.4, 0.5) is 11.4 Å². The van der Waals surface area contributed by atoms with Gasteiger partial charge in [-0.25, -0.2) is 13.3 Å². The molecule has 0 bridgehead atoms. The number of nitrogens with one attached hydrogen (secondary N) is 1. The van der Waals surface area contributed by atoms with Crippen LogP contribution in [0.2, 0.25) is 0 Å². The molecular formula is C23H33N5O4S. The maximum absolute atomic E-state index is 13.2. The molecule has 10 heteroatoms. The number of fused-ring (bicyclic) bond motifs is 1. The van der Waals surface area contributed by atoms with E-state index in [0.29, 0.717) is 32.0 Å². The second-order valence-corrected chi connectivity index (χ2v) is 11.1. The number of aromatic amines is 1. The summed E-state index contributed by atoms with van der Waals surface area (Å²) in [6.45, 7) is 9.57. The van der Waals surface area contributed by atoms with E-state index in [1.54, 1.807) is 17.6 Å². The van der Waals surface area contributed by atoms with Crippen molar-refractivity contribution in [2.75, 3.05) is 51.1 Å². The van der Waals surface area contributed by atoms with Crippen LogP contribution in [0.3, 0.4) is 0 Å². The van der Waals surface area contributed by atoms with Crippen molar-refractivity contribution < 1.29 is 17.9 Å². The lowest BCUT2D eigenvalue weighted by molar-refractivity contribution is -0.00656. The number of sulfonamides is 1. The van der Waals surface area contributed by atoms with Crippen molar-refractivity contribution in [2.45, 2.75) is 44.2 Å². The first-order chi connectivity index (χ1) is 15.9. The first-order valence-corrected chi connectivity index (χ1v) is 13.2. The molecule has 3 heterocycles. The van der Waals surface area contributed by atoms with E-state index < -0.39 is 10.0 Å². The Bertz CT molecular complexity index is 1100. The highest BCUT2D eigenvalue weighted by molar-refractivity contribution is 7.89. The zero-order chi connectivity index (χ0) is 23.4. The minimum Gasteiger partial charge on any atom is -0.382 e. The number of piperidine rings is 1. The average Bonchev–Trinajstić information content (AvgIpc) is 3.47. The van der Waals surface area contributed by atoms with Crippen LogP contribution < -0.4 is 4.90 Å². The molecule has 1 unspecified atom stereocenters. The monoisotopic (exact) mass is 475 g/mol. The fourth-order valence-electron chi connectivity index (χ4n) is 5.17. The number of methoxy groups -OCH3 is 1. The third kappa shape index (κ3) is 5.32. The summed E-state index contributed by atoms with van der Waals surface area (Å²) in [7, 11) is 0.292. The Morgan fingerprint density at radius 1 is 1.33 bits per heavy atom. The Hall–Kier alpha value is -2.19. The molecule has 180 valence electrons. The normalized spacial score (nSPS) is 24.2. The molecule has 1 saturated heterocycles. The summed E-state index contributed by atoms with van der Waals surface area (Å²) in [6, 6.07) is 2.14. The van der Waals surface area contributed by atoms with Crippen molar-refractivity contribution in [3.05, 3.63) is 29.9 Å². The number of anilines is 1. The molecule has 9 nitrogen and oxygen atoms in total. The fraction of sp³-hybridized carbons (Fsp3) is 0.652. The number of aromatic nitrogens is 2. The van der Waals surface area contributed by atoms with Crippen LogP contribution in [0.25, 0.3) is 15.9 Å². The van der Waals surface area contributed by atoms with Gasteiger partial charge in [0.05, 0.1) is 37.3 Å². The van der Waals surface area contributed by atoms with E-state index in [1.807, 2.05) is 19.3 Å². The highest BCUT2D eigenvalue weighted by Crippen LogP contribution is 2.40. The molecule has 1 saturated carbocycles. The van der Waals surface area contributed by atoms with Crippen molar-refractivity contribution in [1.82, 2.24) is 14.3 Å². The van der Waals surface area contributed by atoms with Crippen molar-refractivity contribution in [3.8, 4) is 0 Å². The van der Waals surface area contributed by atoms with Crippen molar-refractivity contribution >= 4 is 32.4 Å². The molecule has 1 aliphatic carbocycles. The van der Waals surface area contributed by atoms with Crippen molar-refractivity contribution in [1.29, 1.82) is 0 Å². The smallest absolute Gasteiger partial charge is 0.228 e. The molecule has 2 aliphatic rings. The molecule has 0 radical (unpaired) electrons. The van der Waals surface area contributed by atoms with E-state index in [4.69, 9.17) is 16.0 Å². The Labute approximate surface area is 195 Å². The predicted octanol–water partition coefficient (Wildman–Crippen LogP) is 3.18. The summed E-state index contributed by atoms with van der Waals surface area (Å²) in [5, 5.41) is 0.926. The van der Waals surface area contributed by atoms with E-state index in [-0.39, 0.29) is 23.8 Å². The van der Waals surface area contributed by atoms with Crippen LogP contribution in [0.5, 0.6) is 0 Å². The van der Waals surface area contributed by atoms with E-state index in [9.17, 15) is 8.42 Å². The van der Waals surface area contributed by atoms with Gasteiger partial charge in [0.1, 0.15) is 5.65 Å². The van der Waals surface area contributed by atoms with Gasteiger partial charge in [-0.1, -0.05) is 0 Å². The quantitative estimate of drug-likeness (QED) is 0.442. The lowest BCUT2D eigenvalue weighted by Gasteiger charge is -2.32. The molecule has 1 aliphatic heterocycles. The zero-order valence-corrected chi connectivity index (χ0v) is 20.2. The van der Waals surface area contributed by atoms with E-state index in [1.165, 1.54) is 0 Å². The van der Waals surface area contributed by atoms with Crippen LogP contribution in [-0.2, 0) is 19.5 Å². The van der Waals surface area contributed by atoms with Gasteiger partial charge in [0.15, 0.2) is 0 Å². The van der Waals surface area contributed by atoms with Crippen LogP contribution in [0.15, 0.2) is 18.5 Å². The van der Waals surface area contributed by atoms with Crippen LogP contribution in [0.1, 0.15) is 32.1 Å². The van der Waals surface area contributed by atoms with E-state index in [2.05, 4.69) is 19.7 Å². The van der Waals surface area contributed by atoms with Crippen LogP contribution in [0, 0.1) is 12.5 Å². The fourth-order valence-corrected chi connectivity index (χ4v) is 7.08. The van der Waals surface area contributed by atoms with Gasteiger partial charge in [-0.3, -0.25) is 4.98 Å². The number of hydrogen-bond acceptors (Lipinski definition) is 6. The molecule has 0 aromatic carbocycles. The second-order valence-electron chi connectivity index (χ2n) is 9.05. The van der Waals surface area contributed by atoms with Crippen LogP contribution in [-0.4, -0.2) is 81.1 Å². The Morgan fingerprint density at radius 3 is 2.97 bits per heavy atom. The van der Waals surface area contributed by atoms with Gasteiger partial charge in [0, 0.05) is 51.1 Å². The SMILES string of the molecule is [C-]#[N+]c1cnc2[nH]ccc2c1N(C)[C@@H]1CC[C@H](CS(=O)(=O)N2CCCC(OCCOC)C2)C1. The van der Waals surface area contributed by atoms with E-state index in [0.717, 1.165) is 48.8 Å². The number of nitrogens with zero attached hydrogens (tertiary/aromatic N) is 4. The number of pyridine rings is 1. The highest BCUT2D eigenvalue weighted by Gasteiger charge is 2.36. The summed E-state index contributed by atoms with van der Waals surface area (Å²) in [4.78, 5) is 13.3. The zero-order valence-electron chi connectivity index (χ0n) is 19.4. The molecule has 4 rings (SSSR count). The maximum atomic E-state index is 13.2. The minimum absolute atomic E-state index is 0.0615. The third-order valence-electron chi connectivity index (χ3n) is 6.89. The number of ether oxygens (including phenoxy) is 2. The number of H-pyrrole nitrogens is 1. The average molecular weight is 476 g/mol. The second kappa shape index (κ2) is 10.4. The van der Waals surface area contributed by atoms with Gasteiger partial charge in [0.25, 0.3) is 0 Å². The van der Waals surface area contributed by atoms with Crippen LogP contribution >= 0.6 is 0 Å².